The van der Waals surface area contributed by atoms with Gasteiger partial charge in [-0.3, -0.25) is 4.79 Å². The predicted molar refractivity (Wildman–Crippen MR) is 71.4 cm³/mol. The molecule has 1 aromatic heterocycles. The summed E-state index contributed by atoms with van der Waals surface area (Å²) in [5.41, 5.74) is 1.95. The lowest BCUT2D eigenvalue weighted by Gasteiger charge is -2.03. The molecule has 0 radical (unpaired) electrons. The molecule has 0 aliphatic carbocycles. The number of aromatic nitrogens is 1. The van der Waals surface area contributed by atoms with E-state index in [4.69, 9.17) is 5.11 Å². The Hall–Kier alpha value is -1.29. The van der Waals surface area contributed by atoms with Crippen LogP contribution in [0.4, 0.5) is 0 Å². The highest BCUT2D eigenvalue weighted by atomic mass is 79.9. The molecule has 0 bridgehead atoms. The Morgan fingerprint density at radius 3 is 2.82 bits per heavy atom. The van der Waals surface area contributed by atoms with E-state index in [-0.39, 0.29) is 0 Å². The maximum atomic E-state index is 11.1. The molecule has 0 aliphatic rings. The number of carboxylic acid groups (broad SMARTS) is 1. The van der Waals surface area contributed by atoms with E-state index in [1.54, 1.807) is 6.92 Å². The van der Waals surface area contributed by atoms with Gasteiger partial charge in [-0.1, -0.05) is 22.0 Å². The molecule has 1 N–H and O–H groups in total. The van der Waals surface area contributed by atoms with Gasteiger partial charge < -0.3 is 9.67 Å². The highest BCUT2D eigenvalue weighted by Crippen LogP contribution is 2.30. The van der Waals surface area contributed by atoms with Gasteiger partial charge >= 0.3 is 5.97 Å². The van der Waals surface area contributed by atoms with Gasteiger partial charge in [0.2, 0.25) is 0 Å². The Bertz CT molecular complexity index is 574. The third-order valence-corrected chi connectivity index (χ3v) is 3.55. The maximum Gasteiger partial charge on any atom is 0.310 e. The van der Waals surface area contributed by atoms with Crippen molar-refractivity contribution in [1.29, 1.82) is 0 Å². The number of nitrogens with zero attached hydrogens (tertiary/aromatic N) is 1. The first kappa shape index (κ1) is 12.2. The summed E-state index contributed by atoms with van der Waals surface area (Å²) in [6.45, 7) is 4.61. The van der Waals surface area contributed by atoms with Crippen molar-refractivity contribution in [3.05, 3.63) is 34.4 Å². The van der Waals surface area contributed by atoms with E-state index in [1.807, 2.05) is 24.4 Å². The molecular weight excluding hydrogens is 282 g/mol. The van der Waals surface area contributed by atoms with Crippen LogP contribution in [0.1, 0.15) is 25.3 Å². The van der Waals surface area contributed by atoms with Gasteiger partial charge in [-0.15, -0.1) is 0 Å². The molecule has 4 heteroatoms. The summed E-state index contributed by atoms with van der Waals surface area (Å²) < 4.78 is 3.09. The topological polar surface area (TPSA) is 42.2 Å². The molecule has 0 spiro atoms. The zero-order valence-electron chi connectivity index (χ0n) is 9.77. The van der Waals surface area contributed by atoms with Gasteiger partial charge in [0.15, 0.2) is 0 Å². The van der Waals surface area contributed by atoms with Crippen LogP contribution in [0.15, 0.2) is 28.9 Å². The van der Waals surface area contributed by atoms with Crippen LogP contribution in [0.2, 0.25) is 0 Å². The Kier molecular flexibility index (Phi) is 3.24. The van der Waals surface area contributed by atoms with Crippen LogP contribution >= 0.6 is 15.9 Å². The summed E-state index contributed by atoms with van der Waals surface area (Å²) >= 11 is 3.44. The van der Waals surface area contributed by atoms with Crippen molar-refractivity contribution < 1.29 is 9.90 Å². The van der Waals surface area contributed by atoms with Crippen molar-refractivity contribution >= 4 is 32.8 Å². The number of carboxylic acids is 1. The molecule has 0 saturated carbocycles. The lowest BCUT2D eigenvalue weighted by atomic mass is 10.0. The Morgan fingerprint density at radius 2 is 2.24 bits per heavy atom. The van der Waals surface area contributed by atoms with E-state index >= 15 is 0 Å². The predicted octanol–water partition coefficient (Wildman–Crippen LogP) is 3.61. The number of fused-ring (bicyclic) bond motifs is 1. The first-order chi connectivity index (χ1) is 8.04. The molecule has 17 heavy (non-hydrogen) atoms. The fourth-order valence-corrected chi connectivity index (χ4v) is 2.38. The van der Waals surface area contributed by atoms with E-state index < -0.39 is 11.9 Å². The molecule has 3 nitrogen and oxygen atoms in total. The minimum absolute atomic E-state index is 0.480. The molecule has 0 amide bonds. The summed E-state index contributed by atoms with van der Waals surface area (Å²) in [4.78, 5) is 11.1. The van der Waals surface area contributed by atoms with Gasteiger partial charge in [0.25, 0.3) is 0 Å². The lowest BCUT2D eigenvalue weighted by molar-refractivity contribution is -0.138. The molecule has 2 rings (SSSR count). The van der Waals surface area contributed by atoms with Gasteiger partial charge in [0.1, 0.15) is 0 Å². The van der Waals surface area contributed by atoms with Gasteiger partial charge in [-0.2, -0.15) is 0 Å². The smallest absolute Gasteiger partial charge is 0.310 e. The average Bonchev–Trinajstić information content (AvgIpc) is 2.65. The second-order valence-corrected chi connectivity index (χ2v) is 5.01. The number of rotatable bonds is 3. The van der Waals surface area contributed by atoms with E-state index in [2.05, 4.69) is 27.4 Å². The van der Waals surface area contributed by atoms with E-state index in [0.717, 1.165) is 27.5 Å². The molecule has 1 unspecified atom stereocenters. The van der Waals surface area contributed by atoms with Crippen molar-refractivity contribution in [2.24, 2.45) is 0 Å². The summed E-state index contributed by atoms with van der Waals surface area (Å²) in [5, 5.41) is 10.1. The van der Waals surface area contributed by atoms with E-state index in [1.165, 1.54) is 0 Å². The molecule has 1 atom stereocenters. The van der Waals surface area contributed by atoms with Gasteiger partial charge in [-0.25, -0.2) is 0 Å². The Morgan fingerprint density at radius 1 is 1.53 bits per heavy atom. The molecule has 90 valence electrons. The average molecular weight is 296 g/mol. The van der Waals surface area contributed by atoms with E-state index in [9.17, 15) is 4.79 Å². The standard InChI is InChI=1S/C13H14BrNO2/c1-3-15-7-11(8(2)13(16)17)10-5-4-9(14)6-12(10)15/h4-8H,3H2,1-2H3,(H,16,17). The molecule has 0 fully saturated rings. The second kappa shape index (κ2) is 4.53. The first-order valence-corrected chi connectivity index (χ1v) is 6.35. The number of aryl methyl sites for hydroxylation is 1. The number of aliphatic carboxylic acids is 1. The molecule has 0 saturated heterocycles. The Labute approximate surface area is 108 Å². The number of hydrogen-bond acceptors (Lipinski definition) is 1. The van der Waals surface area contributed by atoms with Crippen molar-refractivity contribution in [2.75, 3.05) is 0 Å². The maximum absolute atomic E-state index is 11.1. The van der Waals surface area contributed by atoms with E-state index in [0.29, 0.717) is 0 Å². The summed E-state index contributed by atoms with van der Waals surface area (Å²) in [7, 11) is 0. The highest BCUT2D eigenvalue weighted by molar-refractivity contribution is 9.10. The zero-order valence-corrected chi connectivity index (χ0v) is 11.4. The van der Waals surface area contributed by atoms with Crippen LogP contribution in [-0.2, 0) is 11.3 Å². The minimum Gasteiger partial charge on any atom is -0.481 e. The van der Waals surface area contributed by atoms with Crippen molar-refractivity contribution in [2.45, 2.75) is 26.3 Å². The quantitative estimate of drug-likeness (QED) is 0.940. The van der Waals surface area contributed by atoms with Crippen molar-refractivity contribution in [3.8, 4) is 0 Å². The molecule has 1 heterocycles. The van der Waals surface area contributed by atoms with Gasteiger partial charge in [-0.05, 0) is 31.5 Å². The molecular formula is C13H14BrNO2. The summed E-state index contributed by atoms with van der Waals surface area (Å²) in [6.07, 6.45) is 1.94. The van der Waals surface area contributed by atoms with Crippen molar-refractivity contribution in [1.82, 2.24) is 4.57 Å². The third kappa shape index (κ3) is 2.09. The number of carbonyl (C=O) groups is 1. The van der Waals surface area contributed by atoms with Crippen LogP contribution in [0, 0.1) is 0 Å². The fourth-order valence-electron chi connectivity index (χ4n) is 2.03. The number of halogens is 1. The fraction of sp³-hybridized carbons (Fsp3) is 0.308. The minimum atomic E-state index is -0.789. The van der Waals surface area contributed by atoms with Gasteiger partial charge in [0, 0.05) is 28.1 Å². The molecule has 2 aromatic rings. The number of hydrogen-bond donors (Lipinski definition) is 1. The van der Waals surface area contributed by atoms with Crippen LogP contribution in [0.5, 0.6) is 0 Å². The van der Waals surface area contributed by atoms with Crippen LogP contribution in [0.25, 0.3) is 10.9 Å². The highest BCUT2D eigenvalue weighted by Gasteiger charge is 2.19. The van der Waals surface area contributed by atoms with Gasteiger partial charge in [0.05, 0.1) is 5.92 Å². The van der Waals surface area contributed by atoms with Crippen LogP contribution < -0.4 is 0 Å². The SMILES string of the molecule is CCn1cc(C(C)C(=O)O)c2ccc(Br)cc21. The largest absolute Gasteiger partial charge is 0.481 e. The Balaban J connectivity index is 2.69. The number of benzene rings is 1. The summed E-state index contributed by atoms with van der Waals surface area (Å²) in [6, 6.07) is 5.94. The summed E-state index contributed by atoms with van der Waals surface area (Å²) in [5.74, 6) is -1.27. The van der Waals surface area contributed by atoms with Crippen LogP contribution in [0.3, 0.4) is 0 Å². The zero-order chi connectivity index (χ0) is 12.6. The first-order valence-electron chi connectivity index (χ1n) is 5.55. The van der Waals surface area contributed by atoms with Crippen molar-refractivity contribution in [3.63, 3.8) is 0 Å². The monoisotopic (exact) mass is 295 g/mol. The molecule has 0 aliphatic heterocycles. The lowest BCUT2D eigenvalue weighted by Crippen LogP contribution is -2.06. The molecule has 1 aromatic carbocycles. The van der Waals surface area contributed by atoms with Crippen LogP contribution in [-0.4, -0.2) is 15.6 Å². The second-order valence-electron chi connectivity index (χ2n) is 4.09. The third-order valence-electron chi connectivity index (χ3n) is 3.05. The normalized spacial score (nSPS) is 12.9.